The van der Waals surface area contributed by atoms with Crippen LogP contribution in [0.15, 0.2) is 48.5 Å². The van der Waals surface area contributed by atoms with E-state index >= 15 is 0 Å². The van der Waals surface area contributed by atoms with E-state index in [2.05, 4.69) is 4.90 Å². The van der Waals surface area contributed by atoms with E-state index < -0.39 is 0 Å². The third kappa shape index (κ3) is 5.40. The summed E-state index contributed by atoms with van der Waals surface area (Å²) in [6.45, 7) is 4.18. The number of aromatic hydroxyl groups is 1. The van der Waals surface area contributed by atoms with E-state index in [1.807, 2.05) is 42.5 Å². The Labute approximate surface area is 156 Å². The van der Waals surface area contributed by atoms with Crippen molar-refractivity contribution in [3.8, 4) is 17.2 Å². The molecule has 3 rings (SSSR count). The van der Waals surface area contributed by atoms with E-state index in [1.165, 1.54) is 18.4 Å². The first kappa shape index (κ1) is 18.6. The number of phenolic OH excluding ortho intramolecular Hbond substituents is 1. The number of likely N-dealkylation sites (tertiary alicyclic amines) is 1. The van der Waals surface area contributed by atoms with Crippen LogP contribution in [0.2, 0.25) is 0 Å². The number of phenols is 1. The van der Waals surface area contributed by atoms with Gasteiger partial charge in [0.05, 0.1) is 13.7 Å². The van der Waals surface area contributed by atoms with Gasteiger partial charge in [0.25, 0.3) is 0 Å². The predicted molar refractivity (Wildman–Crippen MR) is 104 cm³/mol. The number of ether oxygens (including phenoxy) is 2. The molecule has 1 N–H and O–H groups in total. The van der Waals surface area contributed by atoms with Gasteiger partial charge in [-0.05, 0) is 74.5 Å². The number of hydrogen-bond acceptors (Lipinski definition) is 4. The Morgan fingerprint density at radius 1 is 1.08 bits per heavy atom. The summed E-state index contributed by atoms with van der Waals surface area (Å²) in [4.78, 5) is 2.54. The zero-order valence-electron chi connectivity index (χ0n) is 15.6. The van der Waals surface area contributed by atoms with E-state index in [0.717, 1.165) is 50.8 Å². The fourth-order valence-corrected chi connectivity index (χ4v) is 3.52. The van der Waals surface area contributed by atoms with E-state index in [9.17, 15) is 5.11 Å². The van der Waals surface area contributed by atoms with Crippen molar-refractivity contribution in [2.75, 3.05) is 33.4 Å². The second-order valence-electron chi connectivity index (χ2n) is 6.99. The van der Waals surface area contributed by atoms with Crippen molar-refractivity contribution in [3.05, 3.63) is 54.1 Å². The van der Waals surface area contributed by atoms with Gasteiger partial charge in [0.2, 0.25) is 0 Å². The Morgan fingerprint density at radius 2 is 1.85 bits per heavy atom. The molecule has 4 heteroatoms. The maximum absolute atomic E-state index is 9.68. The number of nitrogens with zero attached hydrogens (tertiary/aromatic N) is 1. The smallest absolute Gasteiger partial charge is 0.160 e. The number of piperidine rings is 1. The molecule has 0 aromatic heterocycles. The molecule has 0 spiro atoms. The average Bonchev–Trinajstić information content (AvgIpc) is 2.69. The van der Waals surface area contributed by atoms with Crippen molar-refractivity contribution in [2.45, 2.75) is 25.7 Å². The molecule has 26 heavy (non-hydrogen) atoms. The van der Waals surface area contributed by atoms with Gasteiger partial charge in [-0.1, -0.05) is 24.3 Å². The molecule has 0 radical (unpaired) electrons. The summed E-state index contributed by atoms with van der Waals surface area (Å²) >= 11 is 0. The van der Waals surface area contributed by atoms with Gasteiger partial charge < -0.3 is 19.5 Å². The molecular weight excluding hydrogens is 326 g/mol. The molecule has 1 aliphatic rings. The Balaban J connectivity index is 1.35. The largest absolute Gasteiger partial charge is 0.504 e. The molecule has 0 atom stereocenters. The first-order valence-electron chi connectivity index (χ1n) is 9.50. The second kappa shape index (κ2) is 9.48. The van der Waals surface area contributed by atoms with Crippen LogP contribution in [0, 0.1) is 5.92 Å². The molecule has 2 aromatic carbocycles. The first-order chi connectivity index (χ1) is 12.7. The van der Waals surface area contributed by atoms with Crippen molar-refractivity contribution in [1.29, 1.82) is 0 Å². The molecule has 4 nitrogen and oxygen atoms in total. The molecule has 0 aliphatic carbocycles. The third-order valence-electron chi connectivity index (χ3n) is 5.21. The van der Waals surface area contributed by atoms with Gasteiger partial charge >= 0.3 is 0 Å². The number of para-hydroxylation sites is 1. The molecule has 1 heterocycles. The van der Waals surface area contributed by atoms with Gasteiger partial charge in [-0.25, -0.2) is 0 Å². The Bertz CT molecular complexity index is 666. The number of rotatable bonds is 8. The van der Waals surface area contributed by atoms with Gasteiger partial charge in [0.15, 0.2) is 11.5 Å². The lowest BCUT2D eigenvalue weighted by Crippen LogP contribution is -2.35. The van der Waals surface area contributed by atoms with Crippen LogP contribution in [0.25, 0.3) is 0 Å². The summed E-state index contributed by atoms with van der Waals surface area (Å²) < 4.78 is 11.0. The van der Waals surface area contributed by atoms with Crippen molar-refractivity contribution in [2.24, 2.45) is 5.92 Å². The third-order valence-corrected chi connectivity index (χ3v) is 5.21. The van der Waals surface area contributed by atoms with Crippen molar-refractivity contribution >= 4 is 0 Å². The highest BCUT2D eigenvalue weighted by atomic mass is 16.5. The molecule has 1 fully saturated rings. The Morgan fingerprint density at radius 3 is 2.58 bits per heavy atom. The summed E-state index contributed by atoms with van der Waals surface area (Å²) in [5.41, 5.74) is 1.21. The lowest BCUT2D eigenvalue weighted by Gasteiger charge is -2.32. The fraction of sp³-hybridized carbons (Fsp3) is 0.455. The molecule has 0 bridgehead atoms. The minimum atomic E-state index is 0.204. The maximum atomic E-state index is 9.68. The molecule has 0 amide bonds. The highest BCUT2D eigenvalue weighted by Gasteiger charge is 2.19. The summed E-state index contributed by atoms with van der Waals surface area (Å²) in [7, 11) is 1.59. The van der Waals surface area contributed by atoms with E-state index in [0.29, 0.717) is 5.75 Å². The topological polar surface area (TPSA) is 41.9 Å². The maximum Gasteiger partial charge on any atom is 0.160 e. The molecular formula is C22H29NO3. The monoisotopic (exact) mass is 355 g/mol. The van der Waals surface area contributed by atoms with Crippen LogP contribution < -0.4 is 9.47 Å². The van der Waals surface area contributed by atoms with Gasteiger partial charge in [0.1, 0.15) is 5.75 Å². The zero-order valence-corrected chi connectivity index (χ0v) is 15.6. The fourth-order valence-electron chi connectivity index (χ4n) is 3.52. The van der Waals surface area contributed by atoms with E-state index in [4.69, 9.17) is 9.47 Å². The number of benzene rings is 2. The minimum absolute atomic E-state index is 0.204. The van der Waals surface area contributed by atoms with Crippen LogP contribution in [-0.2, 0) is 6.42 Å². The van der Waals surface area contributed by atoms with Gasteiger partial charge in [-0.2, -0.15) is 0 Å². The number of methoxy groups -OCH3 is 1. The van der Waals surface area contributed by atoms with E-state index in [1.54, 1.807) is 13.2 Å². The van der Waals surface area contributed by atoms with Crippen LogP contribution in [0.4, 0.5) is 0 Å². The van der Waals surface area contributed by atoms with Crippen LogP contribution in [0.3, 0.4) is 0 Å². The molecule has 0 saturated carbocycles. The van der Waals surface area contributed by atoms with E-state index in [-0.39, 0.29) is 5.75 Å². The first-order valence-corrected chi connectivity index (χ1v) is 9.50. The van der Waals surface area contributed by atoms with Crippen molar-refractivity contribution in [3.63, 3.8) is 0 Å². The van der Waals surface area contributed by atoms with Gasteiger partial charge in [0, 0.05) is 6.54 Å². The average molecular weight is 355 g/mol. The quantitative estimate of drug-likeness (QED) is 0.773. The lowest BCUT2D eigenvalue weighted by molar-refractivity contribution is 0.164. The SMILES string of the molecule is COc1cc(CCN2CCC(CCOc3ccccc3)CC2)ccc1O. The van der Waals surface area contributed by atoms with Crippen molar-refractivity contribution < 1.29 is 14.6 Å². The van der Waals surface area contributed by atoms with Crippen LogP contribution in [-0.4, -0.2) is 43.4 Å². The summed E-state index contributed by atoms with van der Waals surface area (Å²) in [6.07, 6.45) is 4.62. The van der Waals surface area contributed by atoms with Gasteiger partial charge in [-0.3, -0.25) is 0 Å². The highest BCUT2D eigenvalue weighted by molar-refractivity contribution is 5.41. The zero-order chi connectivity index (χ0) is 18.2. The summed E-state index contributed by atoms with van der Waals surface area (Å²) in [6, 6.07) is 15.7. The lowest BCUT2D eigenvalue weighted by atomic mass is 9.93. The van der Waals surface area contributed by atoms with Crippen LogP contribution >= 0.6 is 0 Å². The highest BCUT2D eigenvalue weighted by Crippen LogP contribution is 2.27. The number of hydrogen-bond donors (Lipinski definition) is 1. The summed E-state index contributed by atoms with van der Waals surface area (Å²) in [5.74, 6) is 2.49. The minimum Gasteiger partial charge on any atom is -0.504 e. The van der Waals surface area contributed by atoms with Crippen LogP contribution in [0.5, 0.6) is 17.2 Å². The molecule has 140 valence electrons. The normalized spacial score (nSPS) is 15.7. The second-order valence-corrected chi connectivity index (χ2v) is 6.99. The molecule has 1 saturated heterocycles. The summed E-state index contributed by atoms with van der Waals surface area (Å²) in [5, 5.41) is 9.68. The molecule has 2 aromatic rings. The molecule has 1 aliphatic heterocycles. The predicted octanol–water partition coefficient (Wildman–Crippen LogP) is 4.12. The van der Waals surface area contributed by atoms with Crippen molar-refractivity contribution in [1.82, 2.24) is 4.90 Å². The van der Waals surface area contributed by atoms with Crippen LogP contribution in [0.1, 0.15) is 24.8 Å². The Hall–Kier alpha value is -2.20. The van der Waals surface area contributed by atoms with Gasteiger partial charge in [-0.15, -0.1) is 0 Å². The Kier molecular flexibility index (Phi) is 6.78. The molecule has 0 unspecified atom stereocenters. The standard InChI is InChI=1S/C22H29NO3/c1-25-22-17-19(7-8-21(22)24)11-15-23-13-9-18(10-14-23)12-16-26-20-5-3-2-4-6-20/h2-8,17-18,24H,9-16H2,1H3.